The van der Waals surface area contributed by atoms with Crippen molar-refractivity contribution in [2.24, 2.45) is 0 Å². The minimum Gasteiger partial charge on any atom is -0.268 e. The zero-order valence-electron chi connectivity index (χ0n) is 12.7. The van der Waals surface area contributed by atoms with Crippen molar-refractivity contribution >= 4 is 26.8 Å². The van der Waals surface area contributed by atoms with Crippen LogP contribution in [0.3, 0.4) is 0 Å². The summed E-state index contributed by atoms with van der Waals surface area (Å²) in [6.07, 6.45) is 0. The summed E-state index contributed by atoms with van der Waals surface area (Å²) >= 11 is 3.43. The summed E-state index contributed by atoms with van der Waals surface area (Å²) in [5, 5.41) is 0.591. The van der Waals surface area contributed by atoms with Gasteiger partial charge < -0.3 is 0 Å². The zero-order chi connectivity index (χ0) is 16.5. The van der Waals surface area contributed by atoms with Gasteiger partial charge in [0.2, 0.25) is 0 Å². The fourth-order valence-corrected chi connectivity index (χ4v) is 3.12. The predicted molar refractivity (Wildman–Crippen MR) is 100 cm³/mol. The molecule has 4 heteroatoms. The van der Waals surface area contributed by atoms with Crippen molar-refractivity contribution in [3.8, 4) is 17.1 Å². The number of aromatic nitrogens is 2. The van der Waals surface area contributed by atoms with Crippen molar-refractivity contribution in [3.63, 3.8) is 0 Å². The molecule has 24 heavy (non-hydrogen) atoms. The molecule has 1 aromatic heterocycles. The highest BCUT2D eigenvalue weighted by Gasteiger charge is 2.14. The molecule has 0 amide bonds. The van der Waals surface area contributed by atoms with Crippen molar-refractivity contribution in [1.29, 1.82) is 0 Å². The third-order valence-electron chi connectivity index (χ3n) is 3.88. The fourth-order valence-electron chi connectivity index (χ4n) is 2.76. The van der Waals surface area contributed by atoms with Gasteiger partial charge in [0.1, 0.15) is 5.82 Å². The molecule has 0 aliphatic heterocycles. The van der Waals surface area contributed by atoms with Gasteiger partial charge in [0.15, 0.2) is 0 Å². The van der Waals surface area contributed by atoms with Gasteiger partial charge in [-0.3, -0.25) is 9.36 Å². The molecule has 0 aliphatic carbocycles. The number of hydrogen-bond donors (Lipinski definition) is 0. The largest absolute Gasteiger partial charge is 0.268 e. The molecular weight excluding hydrogens is 364 g/mol. The molecule has 0 aliphatic rings. The zero-order valence-corrected chi connectivity index (χ0v) is 14.3. The van der Waals surface area contributed by atoms with Crippen LogP contribution in [0.1, 0.15) is 0 Å². The molecule has 4 aromatic rings. The lowest BCUT2D eigenvalue weighted by Gasteiger charge is -2.14. The molecule has 0 spiro atoms. The van der Waals surface area contributed by atoms with Crippen LogP contribution in [-0.2, 0) is 0 Å². The lowest BCUT2D eigenvalue weighted by molar-refractivity contribution is 0.976. The van der Waals surface area contributed by atoms with E-state index >= 15 is 0 Å². The Kier molecular flexibility index (Phi) is 3.75. The Balaban J connectivity index is 2.14. The van der Waals surface area contributed by atoms with Gasteiger partial charge in [-0.05, 0) is 30.3 Å². The van der Waals surface area contributed by atoms with E-state index in [1.54, 1.807) is 4.57 Å². The van der Waals surface area contributed by atoms with Gasteiger partial charge in [-0.1, -0.05) is 64.5 Å². The number of benzene rings is 3. The number of para-hydroxylation sites is 1. The van der Waals surface area contributed by atoms with Crippen LogP contribution in [-0.4, -0.2) is 9.55 Å². The first-order valence-corrected chi connectivity index (χ1v) is 8.36. The van der Waals surface area contributed by atoms with Gasteiger partial charge in [0.05, 0.1) is 16.6 Å². The number of nitrogens with zero attached hydrogens (tertiary/aromatic N) is 2. The lowest BCUT2D eigenvalue weighted by Crippen LogP contribution is -2.21. The van der Waals surface area contributed by atoms with E-state index < -0.39 is 0 Å². The Hall–Kier alpha value is -2.72. The molecule has 0 radical (unpaired) electrons. The first-order valence-electron chi connectivity index (χ1n) is 7.57. The van der Waals surface area contributed by atoms with E-state index in [-0.39, 0.29) is 5.56 Å². The summed E-state index contributed by atoms with van der Waals surface area (Å²) in [6, 6.07) is 25.0. The highest BCUT2D eigenvalue weighted by Crippen LogP contribution is 2.23. The number of halogens is 1. The second kappa shape index (κ2) is 6.06. The van der Waals surface area contributed by atoms with Crippen LogP contribution in [0.5, 0.6) is 0 Å². The minimum atomic E-state index is -0.0775. The molecule has 116 valence electrons. The van der Waals surface area contributed by atoms with E-state index in [4.69, 9.17) is 4.98 Å². The van der Waals surface area contributed by atoms with E-state index in [0.717, 1.165) is 15.7 Å². The molecule has 1 heterocycles. The second-order valence-electron chi connectivity index (χ2n) is 5.44. The average molecular weight is 377 g/mol. The van der Waals surface area contributed by atoms with E-state index in [9.17, 15) is 4.79 Å². The SMILES string of the molecule is O=c1c2cc(Br)ccc2nc(-c2ccccc2)n1-c1ccccc1. The number of hydrogen-bond acceptors (Lipinski definition) is 2. The molecular formula is C20H13BrN2O. The monoisotopic (exact) mass is 376 g/mol. The van der Waals surface area contributed by atoms with Crippen molar-refractivity contribution < 1.29 is 0 Å². The minimum absolute atomic E-state index is 0.0775. The van der Waals surface area contributed by atoms with Crippen LogP contribution in [0.25, 0.3) is 28.0 Å². The summed E-state index contributed by atoms with van der Waals surface area (Å²) in [6.45, 7) is 0. The van der Waals surface area contributed by atoms with E-state index in [1.807, 2.05) is 78.9 Å². The number of rotatable bonds is 2. The maximum Gasteiger partial charge on any atom is 0.266 e. The summed E-state index contributed by atoms with van der Waals surface area (Å²) in [5.41, 5.74) is 2.32. The van der Waals surface area contributed by atoms with E-state index in [1.165, 1.54) is 0 Å². The Labute approximate surface area is 147 Å². The highest BCUT2D eigenvalue weighted by molar-refractivity contribution is 9.10. The summed E-state index contributed by atoms with van der Waals surface area (Å²) in [4.78, 5) is 17.9. The Morgan fingerprint density at radius 2 is 1.50 bits per heavy atom. The third kappa shape index (κ3) is 2.55. The van der Waals surface area contributed by atoms with Crippen LogP contribution in [0.4, 0.5) is 0 Å². The second-order valence-corrected chi connectivity index (χ2v) is 6.35. The van der Waals surface area contributed by atoms with E-state index in [0.29, 0.717) is 16.7 Å². The molecule has 0 atom stereocenters. The molecule has 0 bridgehead atoms. The van der Waals surface area contributed by atoms with Gasteiger partial charge in [-0.25, -0.2) is 4.98 Å². The van der Waals surface area contributed by atoms with E-state index in [2.05, 4.69) is 15.9 Å². The Bertz CT molecular complexity index is 1070. The Morgan fingerprint density at radius 1 is 0.833 bits per heavy atom. The quantitative estimate of drug-likeness (QED) is 0.502. The van der Waals surface area contributed by atoms with Gasteiger partial charge in [-0.15, -0.1) is 0 Å². The average Bonchev–Trinajstić information content (AvgIpc) is 2.63. The summed E-state index contributed by atoms with van der Waals surface area (Å²) in [7, 11) is 0. The molecule has 4 rings (SSSR count). The van der Waals surface area contributed by atoms with Crippen molar-refractivity contribution in [2.75, 3.05) is 0 Å². The standard InChI is InChI=1S/C20H13BrN2O/c21-15-11-12-18-17(13-15)20(24)23(16-9-5-2-6-10-16)19(22-18)14-7-3-1-4-8-14/h1-13H. The van der Waals surface area contributed by atoms with Crippen LogP contribution >= 0.6 is 15.9 Å². The first-order chi connectivity index (χ1) is 11.7. The normalized spacial score (nSPS) is 10.9. The molecule has 0 fully saturated rings. The first kappa shape index (κ1) is 14.8. The van der Waals surface area contributed by atoms with Gasteiger partial charge in [0, 0.05) is 10.0 Å². The third-order valence-corrected chi connectivity index (χ3v) is 4.37. The van der Waals surface area contributed by atoms with Gasteiger partial charge in [0.25, 0.3) is 5.56 Å². The van der Waals surface area contributed by atoms with Crippen LogP contribution in [0.15, 0.2) is 88.1 Å². The fraction of sp³-hybridized carbons (Fsp3) is 0. The van der Waals surface area contributed by atoms with Crippen LogP contribution < -0.4 is 5.56 Å². The van der Waals surface area contributed by atoms with Gasteiger partial charge in [-0.2, -0.15) is 0 Å². The lowest BCUT2D eigenvalue weighted by atomic mass is 10.1. The molecule has 0 N–H and O–H groups in total. The maximum atomic E-state index is 13.2. The predicted octanol–water partition coefficient (Wildman–Crippen LogP) is 4.82. The molecule has 3 nitrogen and oxygen atoms in total. The molecule has 0 saturated carbocycles. The van der Waals surface area contributed by atoms with Crippen molar-refractivity contribution in [2.45, 2.75) is 0 Å². The number of fused-ring (bicyclic) bond motifs is 1. The topological polar surface area (TPSA) is 34.9 Å². The molecule has 3 aromatic carbocycles. The highest BCUT2D eigenvalue weighted by atomic mass is 79.9. The van der Waals surface area contributed by atoms with Gasteiger partial charge >= 0.3 is 0 Å². The van der Waals surface area contributed by atoms with Crippen molar-refractivity contribution in [3.05, 3.63) is 93.7 Å². The smallest absolute Gasteiger partial charge is 0.266 e. The van der Waals surface area contributed by atoms with Crippen LogP contribution in [0.2, 0.25) is 0 Å². The Morgan fingerprint density at radius 3 is 2.21 bits per heavy atom. The maximum absolute atomic E-state index is 13.2. The molecule has 0 unspecified atom stereocenters. The molecule has 0 saturated heterocycles. The van der Waals surface area contributed by atoms with Crippen LogP contribution in [0, 0.1) is 0 Å². The summed E-state index contributed by atoms with van der Waals surface area (Å²) in [5.74, 6) is 0.640. The summed E-state index contributed by atoms with van der Waals surface area (Å²) < 4.78 is 2.53. The van der Waals surface area contributed by atoms with Crippen molar-refractivity contribution in [1.82, 2.24) is 9.55 Å².